The molecule has 1 N–H and O–H groups in total. The van der Waals surface area contributed by atoms with Gasteiger partial charge in [0.1, 0.15) is 0 Å². The van der Waals surface area contributed by atoms with Crippen LogP contribution in [0.25, 0.3) is 0 Å². The number of amides is 2. The maximum absolute atomic E-state index is 12.1. The third kappa shape index (κ3) is 5.82. The van der Waals surface area contributed by atoms with Crippen molar-refractivity contribution in [2.24, 2.45) is 0 Å². The molecule has 0 saturated heterocycles. The minimum Gasteiger partial charge on any atom is -0.385 e. The maximum atomic E-state index is 12.1. The number of likely N-dealkylation sites (N-methyl/N-ethyl adjacent to an activating group) is 1. The lowest BCUT2D eigenvalue weighted by molar-refractivity contribution is -0.121. The highest BCUT2D eigenvalue weighted by Crippen LogP contribution is 2.16. The Morgan fingerprint density at radius 3 is 2.76 bits per heavy atom. The second-order valence-electron chi connectivity index (χ2n) is 4.23. The zero-order valence-electron chi connectivity index (χ0n) is 11.7. The molecule has 1 heterocycles. The predicted octanol–water partition coefficient (Wildman–Crippen LogP) is 1.01. The van der Waals surface area contributed by atoms with Crippen LogP contribution < -0.4 is 5.32 Å². The van der Waals surface area contributed by atoms with Crippen LogP contribution >= 0.6 is 23.2 Å². The third-order valence-corrected chi connectivity index (χ3v) is 2.99. The normalized spacial score (nSPS) is 10.3. The summed E-state index contributed by atoms with van der Waals surface area (Å²) >= 11 is 11.5. The van der Waals surface area contributed by atoms with Gasteiger partial charge in [-0.15, -0.1) is 10.2 Å². The predicted molar refractivity (Wildman–Crippen MR) is 78.5 cm³/mol. The average molecular weight is 335 g/mol. The molecule has 0 aliphatic carbocycles. The highest BCUT2D eigenvalue weighted by molar-refractivity contribution is 6.34. The lowest BCUT2D eigenvalue weighted by atomic mass is 10.2. The summed E-state index contributed by atoms with van der Waals surface area (Å²) in [6, 6.07) is 1.31. The summed E-state index contributed by atoms with van der Waals surface area (Å²) in [5.41, 5.74) is 0.103. The number of aromatic nitrogens is 2. The van der Waals surface area contributed by atoms with E-state index in [0.29, 0.717) is 19.6 Å². The van der Waals surface area contributed by atoms with E-state index in [1.54, 1.807) is 7.11 Å². The van der Waals surface area contributed by atoms with E-state index in [9.17, 15) is 9.59 Å². The van der Waals surface area contributed by atoms with Crippen LogP contribution in [0.5, 0.6) is 0 Å². The number of nitrogens with zero attached hydrogens (tertiary/aromatic N) is 3. The maximum Gasteiger partial charge on any atom is 0.257 e. The molecule has 0 unspecified atom stereocenters. The van der Waals surface area contributed by atoms with Crippen molar-refractivity contribution in [3.8, 4) is 0 Å². The van der Waals surface area contributed by atoms with Crippen molar-refractivity contribution in [1.29, 1.82) is 0 Å². The number of nitrogens with one attached hydrogen (secondary N) is 1. The zero-order valence-corrected chi connectivity index (χ0v) is 13.2. The van der Waals surface area contributed by atoms with Crippen LogP contribution in [0.1, 0.15) is 16.8 Å². The molecule has 0 radical (unpaired) electrons. The van der Waals surface area contributed by atoms with E-state index in [1.807, 2.05) is 0 Å². The molecule has 1 aromatic rings. The quantitative estimate of drug-likeness (QED) is 0.752. The van der Waals surface area contributed by atoms with Crippen molar-refractivity contribution < 1.29 is 14.3 Å². The highest BCUT2D eigenvalue weighted by atomic mass is 35.5. The molecule has 21 heavy (non-hydrogen) atoms. The summed E-state index contributed by atoms with van der Waals surface area (Å²) in [6.45, 7) is 0.950. The van der Waals surface area contributed by atoms with Crippen molar-refractivity contribution in [3.63, 3.8) is 0 Å². The molecule has 0 aliphatic heterocycles. The highest BCUT2D eigenvalue weighted by Gasteiger charge is 2.19. The smallest absolute Gasteiger partial charge is 0.257 e. The van der Waals surface area contributed by atoms with Gasteiger partial charge in [-0.3, -0.25) is 9.59 Å². The molecule has 1 aromatic heterocycles. The van der Waals surface area contributed by atoms with Gasteiger partial charge in [0, 0.05) is 27.3 Å². The Kier molecular flexibility index (Phi) is 7.35. The molecule has 0 atom stereocenters. The van der Waals surface area contributed by atoms with Crippen LogP contribution in [-0.2, 0) is 9.53 Å². The first-order valence-electron chi connectivity index (χ1n) is 6.15. The van der Waals surface area contributed by atoms with Gasteiger partial charge in [0.05, 0.1) is 12.1 Å². The summed E-state index contributed by atoms with van der Waals surface area (Å²) in [5.74, 6) is -0.727. The van der Waals surface area contributed by atoms with Gasteiger partial charge >= 0.3 is 0 Å². The molecule has 0 saturated carbocycles. The van der Waals surface area contributed by atoms with Crippen LogP contribution in [0.3, 0.4) is 0 Å². The number of rotatable bonds is 7. The molecule has 0 fully saturated rings. The van der Waals surface area contributed by atoms with Crippen molar-refractivity contribution in [3.05, 3.63) is 21.9 Å². The summed E-state index contributed by atoms with van der Waals surface area (Å²) in [7, 11) is 3.08. The van der Waals surface area contributed by atoms with E-state index in [1.165, 1.54) is 18.0 Å². The fourth-order valence-corrected chi connectivity index (χ4v) is 1.82. The van der Waals surface area contributed by atoms with Gasteiger partial charge < -0.3 is 15.0 Å². The van der Waals surface area contributed by atoms with E-state index < -0.39 is 5.91 Å². The number of ether oxygens (including phenoxy) is 1. The van der Waals surface area contributed by atoms with E-state index in [4.69, 9.17) is 27.9 Å². The first-order valence-corrected chi connectivity index (χ1v) is 6.91. The monoisotopic (exact) mass is 334 g/mol. The molecule has 0 bridgehead atoms. The third-order valence-electron chi connectivity index (χ3n) is 2.52. The van der Waals surface area contributed by atoms with E-state index in [0.717, 1.165) is 0 Å². The fraction of sp³-hybridized carbons (Fsp3) is 0.500. The Labute approximate surface area is 132 Å². The van der Waals surface area contributed by atoms with Gasteiger partial charge in [0.25, 0.3) is 5.91 Å². The topological polar surface area (TPSA) is 84.4 Å². The summed E-state index contributed by atoms with van der Waals surface area (Å²) < 4.78 is 4.87. The SMILES string of the molecule is COCCCNC(=O)CN(C)C(=O)c1cc(Cl)nnc1Cl. The number of carbonyl (C=O) groups is 2. The van der Waals surface area contributed by atoms with Crippen LogP contribution in [0.2, 0.25) is 10.3 Å². The zero-order chi connectivity index (χ0) is 15.8. The molecule has 0 aromatic carbocycles. The lowest BCUT2D eigenvalue weighted by Crippen LogP contribution is -2.39. The van der Waals surface area contributed by atoms with Gasteiger partial charge in [-0.2, -0.15) is 0 Å². The Morgan fingerprint density at radius 2 is 2.10 bits per heavy atom. The summed E-state index contributed by atoms with van der Waals surface area (Å²) in [5, 5.41) is 9.75. The molecular weight excluding hydrogens is 319 g/mol. The van der Waals surface area contributed by atoms with Crippen LogP contribution in [-0.4, -0.2) is 60.8 Å². The molecule has 9 heteroatoms. The molecular formula is C12H16Cl2N4O3. The Bertz CT molecular complexity index is 513. The lowest BCUT2D eigenvalue weighted by Gasteiger charge is -2.17. The first kappa shape index (κ1) is 17.6. The Balaban J connectivity index is 2.54. The first-order chi connectivity index (χ1) is 9.95. The summed E-state index contributed by atoms with van der Waals surface area (Å²) in [6.07, 6.45) is 0.704. The molecule has 2 amide bonds. The number of halogens is 2. The second-order valence-corrected chi connectivity index (χ2v) is 4.97. The number of hydrogen-bond acceptors (Lipinski definition) is 5. The van der Waals surface area contributed by atoms with Crippen molar-refractivity contribution in [2.75, 3.05) is 33.9 Å². The number of methoxy groups -OCH3 is 1. The standard InChI is InChI=1S/C12H16Cl2N4O3/c1-18(7-10(19)15-4-3-5-21-2)12(20)8-6-9(13)16-17-11(8)14/h6H,3-5,7H2,1-2H3,(H,15,19). The van der Waals surface area contributed by atoms with E-state index in [2.05, 4.69) is 15.5 Å². The van der Waals surface area contributed by atoms with Crippen molar-refractivity contribution in [1.82, 2.24) is 20.4 Å². The number of carbonyl (C=O) groups excluding carboxylic acids is 2. The van der Waals surface area contributed by atoms with Crippen molar-refractivity contribution in [2.45, 2.75) is 6.42 Å². The molecule has 1 rings (SSSR count). The van der Waals surface area contributed by atoms with E-state index >= 15 is 0 Å². The van der Waals surface area contributed by atoms with Gasteiger partial charge in [0.15, 0.2) is 10.3 Å². The largest absolute Gasteiger partial charge is 0.385 e. The Hall–Kier alpha value is -1.44. The number of hydrogen-bond donors (Lipinski definition) is 1. The Morgan fingerprint density at radius 1 is 1.38 bits per heavy atom. The van der Waals surface area contributed by atoms with Crippen LogP contribution in [0.4, 0.5) is 0 Å². The molecule has 7 nitrogen and oxygen atoms in total. The van der Waals surface area contributed by atoms with Gasteiger partial charge in [-0.25, -0.2) is 0 Å². The molecule has 116 valence electrons. The second kappa shape index (κ2) is 8.76. The van der Waals surface area contributed by atoms with Crippen molar-refractivity contribution >= 4 is 35.0 Å². The van der Waals surface area contributed by atoms with Gasteiger partial charge in [-0.1, -0.05) is 23.2 Å². The van der Waals surface area contributed by atoms with Gasteiger partial charge in [0.2, 0.25) is 5.91 Å². The summed E-state index contributed by atoms with van der Waals surface area (Å²) in [4.78, 5) is 25.0. The minimum atomic E-state index is -0.455. The van der Waals surface area contributed by atoms with Crippen LogP contribution in [0, 0.1) is 0 Å². The molecule has 0 spiro atoms. The minimum absolute atomic E-state index is 0.0557. The average Bonchev–Trinajstić information content (AvgIpc) is 2.45. The fourth-order valence-electron chi connectivity index (χ4n) is 1.50. The van der Waals surface area contributed by atoms with Gasteiger partial charge in [-0.05, 0) is 12.5 Å². The van der Waals surface area contributed by atoms with Crippen LogP contribution in [0.15, 0.2) is 6.07 Å². The molecule has 0 aliphatic rings. The van der Waals surface area contributed by atoms with E-state index in [-0.39, 0.29) is 28.3 Å².